The second-order valence-electron chi connectivity index (χ2n) is 7.64. The predicted octanol–water partition coefficient (Wildman–Crippen LogP) is 2.83. The van der Waals surface area contributed by atoms with E-state index in [9.17, 15) is 17.6 Å². The first-order valence-corrected chi connectivity index (χ1v) is 11.6. The summed E-state index contributed by atoms with van der Waals surface area (Å²) in [6.07, 6.45) is 5.07. The first-order valence-electron chi connectivity index (χ1n) is 9.76. The van der Waals surface area contributed by atoms with Crippen LogP contribution in [0.25, 0.3) is 5.52 Å². The second kappa shape index (κ2) is 7.39. The number of anilines is 1. The number of primary amides is 1. The SMILES string of the molecule is CCN(c1cn2nc(Cc3ccc(F)cc3)c(C(N)=O)c2cc1C1CC1)S(C)(=O)=O. The predicted molar refractivity (Wildman–Crippen MR) is 113 cm³/mol. The maximum absolute atomic E-state index is 13.2. The summed E-state index contributed by atoms with van der Waals surface area (Å²) < 4.78 is 40.8. The Labute approximate surface area is 174 Å². The fraction of sp³-hybridized carbons (Fsp3) is 0.333. The number of halogens is 1. The first-order chi connectivity index (χ1) is 14.2. The molecule has 0 spiro atoms. The van der Waals surface area contributed by atoms with Crippen LogP contribution in [-0.2, 0) is 16.4 Å². The largest absolute Gasteiger partial charge is 0.365 e. The molecule has 0 bridgehead atoms. The van der Waals surface area contributed by atoms with Gasteiger partial charge < -0.3 is 5.73 Å². The number of pyridine rings is 1. The topological polar surface area (TPSA) is 97.8 Å². The summed E-state index contributed by atoms with van der Waals surface area (Å²) in [6, 6.07) is 7.80. The Morgan fingerprint density at radius 3 is 2.50 bits per heavy atom. The molecule has 0 saturated heterocycles. The summed E-state index contributed by atoms with van der Waals surface area (Å²) in [6.45, 7) is 2.07. The van der Waals surface area contributed by atoms with Crippen LogP contribution in [0.2, 0.25) is 0 Å². The summed E-state index contributed by atoms with van der Waals surface area (Å²) in [5.74, 6) is -0.702. The van der Waals surface area contributed by atoms with Crippen LogP contribution in [0.4, 0.5) is 10.1 Å². The lowest BCUT2D eigenvalue weighted by atomic mass is 10.0. The molecule has 1 aliphatic rings. The minimum absolute atomic E-state index is 0.247. The summed E-state index contributed by atoms with van der Waals surface area (Å²) in [7, 11) is -3.47. The number of nitrogens with two attached hydrogens (primary N) is 1. The van der Waals surface area contributed by atoms with Crippen molar-refractivity contribution in [2.45, 2.75) is 32.1 Å². The number of sulfonamides is 1. The highest BCUT2D eigenvalue weighted by Crippen LogP contribution is 2.45. The molecule has 9 heteroatoms. The fourth-order valence-corrected chi connectivity index (χ4v) is 4.82. The lowest BCUT2D eigenvalue weighted by molar-refractivity contribution is 0.100. The van der Waals surface area contributed by atoms with Gasteiger partial charge in [-0.25, -0.2) is 17.3 Å². The van der Waals surface area contributed by atoms with E-state index in [1.807, 2.05) is 6.07 Å². The number of amides is 1. The van der Waals surface area contributed by atoms with E-state index in [1.54, 1.807) is 25.3 Å². The molecule has 3 aromatic rings. The minimum atomic E-state index is -3.47. The molecule has 1 aliphatic carbocycles. The summed E-state index contributed by atoms with van der Waals surface area (Å²) >= 11 is 0. The molecule has 2 aromatic heterocycles. The molecule has 2 N–H and O–H groups in total. The van der Waals surface area contributed by atoms with Crippen LogP contribution < -0.4 is 10.0 Å². The molecule has 1 saturated carbocycles. The van der Waals surface area contributed by atoms with Crippen molar-refractivity contribution < 1.29 is 17.6 Å². The van der Waals surface area contributed by atoms with Gasteiger partial charge in [0.15, 0.2) is 0 Å². The van der Waals surface area contributed by atoms with Gasteiger partial charge in [-0.2, -0.15) is 5.10 Å². The van der Waals surface area contributed by atoms with Crippen LogP contribution in [0.1, 0.15) is 52.9 Å². The zero-order valence-electron chi connectivity index (χ0n) is 16.8. The van der Waals surface area contributed by atoms with Crippen LogP contribution in [0.3, 0.4) is 0 Å². The van der Waals surface area contributed by atoms with Crippen molar-refractivity contribution in [1.29, 1.82) is 0 Å². The molecule has 0 aliphatic heterocycles. The molecule has 1 aromatic carbocycles. The van der Waals surface area contributed by atoms with Gasteiger partial charge in [0, 0.05) is 13.0 Å². The second-order valence-corrected chi connectivity index (χ2v) is 9.54. The standard InChI is InChI=1S/C21H23FN4O3S/c1-3-26(30(2,28)29)19-12-25-18(11-16(19)14-6-7-14)20(21(23)27)17(24-25)10-13-4-8-15(22)9-5-13/h4-5,8-9,11-12,14H,3,6-7,10H2,1-2H3,(H2,23,27). The number of hydrogen-bond acceptors (Lipinski definition) is 4. The fourth-order valence-electron chi connectivity index (χ4n) is 3.85. The van der Waals surface area contributed by atoms with Gasteiger partial charge in [-0.15, -0.1) is 0 Å². The molecular formula is C21H23FN4O3S. The number of benzene rings is 1. The summed E-state index contributed by atoms with van der Waals surface area (Å²) in [5.41, 5.74) is 9.24. The molecule has 0 unspecified atom stereocenters. The van der Waals surface area contributed by atoms with Crippen LogP contribution in [0, 0.1) is 5.82 Å². The van der Waals surface area contributed by atoms with E-state index in [4.69, 9.17) is 5.73 Å². The molecule has 158 valence electrons. The number of fused-ring (bicyclic) bond motifs is 1. The molecule has 1 fully saturated rings. The van der Waals surface area contributed by atoms with Crippen LogP contribution in [0.15, 0.2) is 36.5 Å². The summed E-state index contributed by atoms with van der Waals surface area (Å²) in [4.78, 5) is 12.3. The van der Waals surface area contributed by atoms with Crippen molar-refractivity contribution >= 4 is 27.1 Å². The van der Waals surface area contributed by atoms with Crippen molar-refractivity contribution in [2.75, 3.05) is 17.1 Å². The molecule has 1 amide bonds. The molecule has 0 atom stereocenters. The monoisotopic (exact) mass is 430 g/mol. The smallest absolute Gasteiger partial charge is 0.252 e. The highest BCUT2D eigenvalue weighted by atomic mass is 32.2. The summed E-state index contributed by atoms with van der Waals surface area (Å²) in [5, 5.41) is 4.53. The molecular weight excluding hydrogens is 407 g/mol. The van der Waals surface area contributed by atoms with E-state index in [0.29, 0.717) is 28.9 Å². The van der Waals surface area contributed by atoms with Crippen molar-refractivity contribution in [3.05, 3.63) is 64.7 Å². The Morgan fingerprint density at radius 1 is 1.30 bits per heavy atom. The van der Waals surface area contributed by atoms with Gasteiger partial charge >= 0.3 is 0 Å². The molecule has 4 rings (SSSR count). The minimum Gasteiger partial charge on any atom is -0.365 e. The third kappa shape index (κ3) is 3.77. The van der Waals surface area contributed by atoms with E-state index in [-0.39, 0.29) is 18.3 Å². The molecule has 2 heterocycles. The Hall–Kier alpha value is -2.94. The molecule has 30 heavy (non-hydrogen) atoms. The van der Waals surface area contributed by atoms with Crippen LogP contribution in [-0.4, -0.2) is 36.7 Å². The van der Waals surface area contributed by atoms with Crippen LogP contribution >= 0.6 is 0 Å². The number of hydrogen-bond donors (Lipinski definition) is 1. The molecule has 0 radical (unpaired) electrons. The number of carbonyl (C=O) groups excluding carboxylic acids is 1. The van der Waals surface area contributed by atoms with Gasteiger partial charge in [0.05, 0.1) is 34.9 Å². The lowest BCUT2D eigenvalue weighted by Gasteiger charge is -2.23. The number of rotatable bonds is 7. The van der Waals surface area contributed by atoms with Gasteiger partial charge in [0.25, 0.3) is 5.91 Å². The zero-order chi connectivity index (χ0) is 21.6. The Balaban J connectivity index is 1.90. The lowest BCUT2D eigenvalue weighted by Crippen LogP contribution is -2.30. The van der Waals surface area contributed by atoms with Crippen molar-refractivity contribution in [2.24, 2.45) is 5.73 Å². The van der Waals surface area contributed by atoms with E-state index in [0.717, 1.165) is 24.0 Å². The third-order valence-electron chi connectivity index (χ3n) is 5.36. The van der Waals surface area contributed by atoms with Crippen LogP contribution in [0.5, 0.6) is 0 Å². The number of carbonyl (C=O) groups is 1. The van der Waals surface area contributed by atoms with Crippen molar-refractivity contribution in [3.63, 3.8) is 0 Å². The van der Waals surface area contributed by atoms with E-state index < -0.39 is 15.9 Å². The van der Waals surface area contributed by atoms with Gasteiger partial charge in [-0.3, -0.25) is 9.10 Å². The average molecular weight is 431 g/mol. The average Bonchev–Trinajstić information content (AvgIpc) is 3.44. The van der Waals surface area contributed by atoms with Crippen molar-refractivity contribution in [3.8, 4) is 0 Å². The Kier molecular flexibility index (Phi) is 5.01. The van der Waals surface area contributed by atoms with Gasteiger partial charge in [0.2, 0.25) is 10.0 Å². The first kappa shape index (κ1) is 20.3. The maximum Gasteiger partial charge on any atom is 0.252 e. The number of nitrogens with zero attached hydrogens (tertiary/aromatic N) is 3. The van der Waals surface area contributed by atoms with Gasteiger partial charge in [-0.05, 0) is 55.0 Å². The zero-order valence-corrected chi connectivity index (χ0v) is 17.6. The van der Waals surface area contributed by atoms with Crippen molar-refractivity contribution in [1.82, 2.24) is 9.61 Å². The van der Waals surface area contributed by atoms with E-state index >= 15 is 0 Å². The van der Waals surface area contributed by atoms with Gasteiger partial charge in [-0.1, -0.05) is 12.1 Å². The Morgan fingerprint density at radius 2 is 1.97 bits per heavy atom. The third-order valence-corrected chi connectivity index (χ3v) is 6.61. The highest BCUT2D eigenvalue weighted by molar-refractivity contribution is 7.92. The normalized spacial score (nSPS) is 14.2. The Bertz CT molecular complexity index is 1230. The number of aromatic nitrogens is 2. The highest BCUT2D eigenvalue weighted by Gasteiger charge is 2.32. The van der Waals surface area contributed by atoms with Gasteiger partial charge in [0.1, 0.15) is 5.82 Å². The van der Waals surface area contributed by atoms with E-state index in [1.165, 1.54) is 27.2 Å². The van der Waals surface area contributed by atoms with E-state index in [2.05, 4.69) is 5.10 Å². The quantitative estimate of drug-likeness (QED) is 0.623. The molecule has 7 nitrogen and oxygen atoms in total. The maximum atomic E-state index is 13.2.